The fourth-order valence-electron chi connectivity index (χ4n) is 4.46. The van der Waals surface area contributed by atoms with Crippen molar-refractivity contribution in [2.75, 3.05) is 13.2 Å². The second-order valence-corrected chi connectivity index (χ2v) is 9.05. The van der Waals surface area contributed by atoms with Gasteiger partial charge in [-0.05, 0) is 107 Å². The lowest BCUT2D eigenvalue weighted by molar-refractivity contribution is -0.143. The van der Waals surface area contributed by atoms with Gasteiger partial charge in [-0.3, -0.25) is 4.79 Å². The Labute approximate surface area is 170 Å². The molecule has 0 saturated heterocycles. The first-order valence-corrected chi connectivity index (χ1v) is 11.6. The molecule has 0 atom stereocenters. The van der Waals surface area contributed by atoms with Crippen LogP contribution in [0.4, 0.5) is 0 Å². The highest BCUT2D eigenvalue weighted by Crippen LogP contribution is 2.51. The minimum Gasteiger partial charge on any atom is -0.466 e. The van der Waals surface area contributed by atoms with Crippen LogP contribution in [0.3, 0.4) is 0 Å². The number of hydrogen-bond donors (Lipinski definition) is 0. The third-order valence-electron chi connectivity index (χ3n) is 6.52. The summed E-state index contributed by atoms with van der Waals surface area (Å²) in [5, 5.41) is 0. The van der Waals surface area contributed by atoms with E-state index < -0.39 is 0 Å². The Morgan fingerprint density at radius 3 is 1.75 bits per heavy atom. The van der Waals surface area contributed by atoms with E-state index in [2.05, 4.69) is 6.08 Å². The van der Waals surface area contributed by atoms with Gasteiger partial charge in [0.25, 0.3) is 0 Å². The summed E-state index contributed by atoms with van der Waals surface area (Å²) in [7, 11) is 0. The maximum atomic E-state index is 11.2. The number of esters is 2. The molecule has 0 aromatic heterocycles. The van der Waals surface area contributed by atoms with Crippen LogP contribution in [0, 0.1) is 35.5 Å². The van der Waals surface area contributed by atoms with Gasteiger partial charge in [-0.25, -0.2) is 4.79 Å². The maximum absolute atomic E-state index is 11.2. The molecule has 0 amide bonds. The van der Waals surface area contributed by atoms with Gasteiger partial charge in [0.2, 0.25) is 0 Å². The molecular weight excluding hydrogens is 352 g/mol. The molecule has 4 nitrogen and oxygen atoms in total. The van der Waals surface area contributed by atoms with E-state index in [9.17, 15) is 9.59 Å². The van der Waals surface area contributed by atoms with E-state index in [1.807, 2.05) is 13.8 Å². The molecule has 0 bridgehead atoms. The van der Waals surface area contributed by atoms with E-state index in [-0.39, 0.29) is 11.9 Å². The fraction of sp³-hybridized carbons (Fsp3) is 0.833. The zero-order chi connectivity index (χ0) is 19.9. The molecule has 0 unspecified atom stereocenters. The summed E-state index contributed by atoms with van der Waals surface area (Å²) in [4.78, 5) is 22.3. The number of allylic oxidation sites excluding steroid dienone is 1. The minimum absolute atomic E-state index is 0.00111. The molecule has 0 heterocycles. The first-order chi connectivity index (χ1) is 13.6. The molecule has 4 aliphatic carbocycles. The highest BCUT2D eigenvalue weighted by molar-refractivity contribution is 5.81. The molecule has 4 aliphatic rings. The Hall–Kier alpha value is -1.32. The fourth-order valence-corrected chi connectivity index (χ4v) is 4.46. The highest BCUT2D eigenvalue weighted by Gasteiger charge is 2.41. The van der Waals surface area contributed by atoms with Gasteiger partial charge in [0, 0.05) is 12.5 Å². The van der Waals surface area contributed by atoms with Crippen LogP contribution in [0.5, 0.6) is 0 Å². The number of carbonyl (C=O) groups excluding carboxylic acids is 2. The van der Waals surface area contributed by atoms with Crippen molar-refractivity contribution in [1.82, 2.24) is 0 Å². The quantitative estimate of drug-likeness (QED) is 0.354. The van der Waals surface area contributed by atoms with Crippen molar-refractivity contribution in [3.8, 4) is 0 Å². The Kier molecular flexibility index (Phi) is 7.99. The van der Waals surface area contributed by atoms with E-state index in [0.717, 1.165) is 36.0 Å². The van der Waals surface area contributed by atoms with Crippen LogP contribution in [0.2, 0.25) is 0 Å². The molecule has 158 valence electrons. The molecule has 0 radical (unpaired) electrons. The monoisotopic (exact) mass is 390 g/mol. The molecule has 28 heavy (non-hydrogen) atoms. The van der Waals surface area contributed by atoms with Crippen molar-refractivity contribution < 1.29 is 19.1 Å². The first-order valence-electron chi connectivity index (χ1n) is 11.6. The van der Waals surface area contributed by atoms with Gasteiger partial charge >= 0.3 is 11.9 Å². The van der Waals surface area contributed by atoms with Gasteiger partial charge in [-0.1, -0.05) is 6.08 Å². The summed E-state index contributed by atoms with van der Waals surface area (Å²) in [5.41, 5.74) is 0. The van der Waals surface area contributed by atoms with Crippen molar-refractivity contribution in [3.63, 3.8) is 0 Å². The summed E-state index contributed by atoms with van der Waals surface area (Å²) in [6.45, 7) is 4.71. The average Bonchev–Trinajstić information content (AvgIpc) is 3.48. The predicted octanol–water partition coefficient (Wildman–Crippen LogP) is 5.31. The standard InChI is InChI=1S/C12H20O2.C12H18O2/c2*1-2-14-12(13)8-7-11(9-3-4-9)10-5-6-10/h9-11H,2-8H2,1H3;7-11H,2-6H2,1H3/b;8-7+. The van der Waals surface area contributed by atoms with Gasteiger partial charge in [-0.15, -0.1) is 0 Å². The van der Waals surface area contributed by atoms with Crippen LogP contribution in [-0.4, -0.2) is 25.2 Å². The van der Waals surface area contributed by atoms with Gasteiger partial charge in [0.05, 0.1) is 13.2 Å². The van der Waals surface area contributed by atoms with Crippen LogP contribution in [0.25, 0.3) is 0 Å². The van der Waals surface area contributed by atoms with Crippen molar-refractivity contribution >= 4 is 11.9 Å². The van der Waals surface area contributed by atoms with Crippen molar-refractivity contribution in [2.24, 2.45) is 35.5 Å². The Morgan fingerprint density at radius 2 is 1.32 bits per heavy atom. The molecule has 4 fully saturated rings. The molecule has 0 aromatic carbocycles. The second-order valence-electron chi connectivity index (χ2n) is 9.05. The third-order valence-corrected chi connectivity index (χ3v) is 6.52. The van der Waals surface area contributed by atoms with Crippen molar-refractivity contribution in [3.05, 3.63) is 12.2 Å². The molecule has 0 aromatic rings. The smallest absolute Gasteiger partial charge is 0.330 e. The lowest BCUT2D eigenvalue weighted by atomic mass is 9.93. The topological polar surface area (TPSA) is 52.6 Å². The highest BCUT2D eigenvalue weighted by atomic mass is 16.5. The van der Waals surface area contributed by atoms with E-state index >= 15 is 0 Å². The molecule has 4 rings (SSSR count). The van der Waals surface area contributed by atoms with E-state index in [1.54, 1.807) is 6.08 Å². The third kappa shape index (κ3) is 7.60. The van der Waals surface area contributed by atoms with Crippen molar-refractivity contribution in [2.45, 2.75) is 78.1 Å². The summed E-state index contributed by atoms with van der Waals surface area (Å²) in [6.07, 6.45) is 16.5. The van der Waals surface area contributed by atoms with Gasteiger partial charge in [0.1, 0.15) is 0 Å². The second kappa shape index (κ2) is 10.5. The lowest BCUT2D eigenvalue weighted by Crippen LogP contribution is -2.11. The molecule has 0 N–H and O–H groups in total. The zero-order valence-electron chi connectivity index (χ0n) is 17.7. The first kappa shape index (κ1) is 21.4. The normalized spacial score (nSPS) is 21.6. The Balaban J connectivity index is 0.000000161. The largest absolute Gasteiger partial charge is 0.466 e. The van der Waals surface area contributed by atoms with Crippen molar-refractivity contribution in [1.29, 1.82) is 0 Å². The Morgan fingerprint density at radius 1 is 0.821 bits per heavy atom. The number of rotatable bonds is 11. The van der Waals surface area contributed by atoms with Crippen LogP contribution < -0.4 is 0 Å². The Bertz CT molecular complexity index is 515. The molecule has 0 aliphatic heterocycles. The molecular formula is C24H38O4. The minimum atomic E-state index is -0.182. The average molecular weight is 391 g/mol. The van der Waals surface area contributed by atoms with E-state index in [4.69, 9.17) is 9.47 Å². The summed E-state index contributed by atoms with van der Waals surface area (Å²) in [6, 6.07) is 0. The number of carbonyl (C=O) groups is 2. The summed E-state index contributed by atoms with van der Waals surface area (Å²) >= 11 is 0. The molecule has 0 spiro atoms. The number of hydrogen-bond acceptors (Lipinski definition) is 4. The zero-order valence-corrected chi connectivity index (χ0v) is 17.7. The lowest BCUT2D eigenvalue weighted by Gasteiger charge is -2.14. The van der Waals surface area contributed by atoms with Gasteiger partial charge < -0.3 is 9.47 Å². The maximum Gasteiger partial charge on any atom is 0.330 e. The molecule has 4 saturated carbocycles. The summed E-state index contributed by atoms with van der Waals surface area (Å²) < 4.78 is 9.82. The predicted molar refractivity (Wildman–Crippen MR) is 110 cm³/mol. The van der Waals surface area contributed by atoms with Gasteiger partial charge in [-0.2, -0.15) is 0 Å². The van der Waals surface area contributed by atoms with Crippen LogP contribution in [0.1, 0.15) is 78.1 Å². The van der Waals surface area contributed by atoms with Crippen LogP contribution in [-0.2, 0) is 19.1 Å². The van der Waals surface area contributed by atoms with E-state index in [0.29, 0.717) is 25.6 Å². The summed E-state index contributed by atoms with van der Waals surface area (Å²) in [5.74, 6) is 4.98. The molecule has 4 heteroatoms. The van der Waals surface area contributed by atoms with Gasteiger partial charge in [0.15, 0.2) is 0 Å². The van der Waals surface area contributed by atoms with Crippen LogP contribution >= 0.6 is 0 Å². The number of ether oxygens (including phenoxy) is 2. The van der Waals surface area contributed by atoms with E-state index in [1.165, 1.54) is 51.4 Å². The van der Waals surface area contributed by atoms with Crippen LogP contribution in [0.15, 0.2) is 12.2 Å². The SMILES string of the molecule is CCOC(=O)/C=C/C(C1CC1)C1CC1.CCOC(=O)CCC(C1CC1)C1CC1.